The zero-order chi connectivity index (χ0) is 15.9. The Morgan fingerprint density at radius 1 is 1.05 bits per heavy atom. The van der Waals surface area contributed by atoms with Gasteiger partial charge in [-0.25, -0.2) is 8.78 Å². The molecule has 0 aliphatic heterocycles. The second-order valence-corrected chi connectivity index (χ2v) is 5.56. The quantitative estimate of drug-likeness (QED) is 0.639. The monoisotopic (exact) mass is 367 g/mol. The van der Waals surface area contributed by atoms with Crippen molar-refractivity contribution in [1.82, 2.24) is 10.6 Å². The van der Waals surface area contributed by atoms with Crippen molar-refractivity contribution in [2.24, 2.45) is 4.99 Å². The highest BCUT2D eigenvalue weighted by Gasteiger charge is 2.04. The van der Waals surface area contributed by atoms with Gasteiger partial charge in [-0.05, 0) is 35.9 Å². The van der Waals surface area contributed by atoms with Gasteiger partial charge in [0.05, 0.1) is 0 Å². The minimum atomic E-state index is -0.273. The Morgan fingerprint density at radius 3 is 2.41 bits per heavy atom. The van der Waals surface area contributed by atoms with Crippen LogP contribution >= 0.6 is 15.9 Å². The maximum Gasteiger partial charge on any atom is 0.191 e. The fraction of sp³-hybridized carbons (Fsp3) is 0.188. The van der Waals surface area contributed by atoms with E-state index in [1.54, 1.807) is 31.3 Å². The summed E-state index contributed by atoms with van der Waals surface area (Å²) >= 11 is 3.32. The standard InChI is InChI=1S/C16H16BrF2N3/c1-20-16(21-9-11-2-5-14(18)6-3-11)22-10-12-8-13(17)4-7-15(12)19/h2-8H,9-10H2,1H3,(H2,20,21,22). The van der Waals surface area contributed by atoms with Gasteiger partial charge in [-0.1, -0.05) is 28.1 Å². The lowest BCUT2D eigenvalue weighted by Gasteiger charge is -2.12. The number of rotatable bonds is 4. The Bertz CT molecular complexity index is 657. The molecule has 0 amide bonds. The molecule has 0 fully saturated rings. The van der Waals surface area contributed by atoms with Crippen LogP contribution in [-0.2, 0) is 13.1 Å². The molecule has 0 radical (unpaired) electrons. The van der Waals surface area contributed by atoms with Crippen molar-refractivity contribution in [1.29, 1.82) is 0 Å². The Kier molecular flexibility index (Phi) is 5.89. The van der Waals surface area contributed by atoms with E-state index in [4.69, 9.17) is 0 Å². The molecule has 0 unspecified atom stereocenters. The third-order valence-electron chi connectivity index (χ3n) is 3.05. The highest BCUT2D eigenvalue weighted by molar-refractivity contribution is 9.10. The minimum absolute atomic E-state index is 0.267. The maximum absolute atomic E-state index is 13.7. The van der Waals surface area contributed by atoms with Crippen LogP contribution < -0.4 is 10.6 Å². The molecule has 0 saturated heterocycles. The molecule has 3 nitrogen and oxygen atoms in total. The fourth-order valence-electron chi connectivity index (χ4n) is 1.87. The first-order valence-electron chi connectivity index (χ1n) is 6.71. The lowest BCUT2D eigenvalue weighted by atomic mass is 10.2. The molecule has 0 aliphatic carbocycles. The molecule has 2 aromatic carbocycles. The summed E-state index contributed by atoms with van der Waals surface area (Å²) in [7, 11) is 1.64. The van der Waals surface area contributed by atoms with Crippen molar-refractivity contribution < 1.29 is 8.78 Å². The van der Waals surface area contributed by atoms with E-state index in [-0.39, 0.29) is 11.6 Å². The molecule has 6 heteroatoms. The Morgan fingerprint density at radius 2 is 1.73 bits per heavy atom. The normalized spacial score (nSPS) is 11.4. The average Bonchev–Trinajstić information content (AvgIpc) is 2.52. The number of guanidine groups is 1. The summed E-state index contributed by atoms with van der Waals surface area (Å²) in [5, 5.41) is 6.13. The van der Waals surface area contributed by atoms with E-state index in [0.29, 0.717) is 24.6 Å². The lowest BCUT2D eigenvalue weighted by molar-refractivity contribution is 0.604. The van der Waals surface area contributed by atoms with Crippen molar-refractivity contribution in [2.45, 2.75) is 13.1 Å². The van der Waals surface area contributed by atoms with Gasteiger partial charge in [0.1, 0.15) is 11.6 Å². The highest BCUT2D eigenvalue weighted by Crippen LogP contribution is 2.15. The van der Waals surface area contributed by atoms with Crippen molar-refractivity contribution in [2.75, 3.05) is 7.05 Å². The van der Waals surface area contributed by atoms with Crippen LogP contribution in [0.1, 0.15) is 11.1 Å². The van der Waals surface area contributed by atoms with Gasteiger partial charge in [0.2, 0.25) is 0 Å². The summed E-state index contributed by atoms with van der Waals surface area (Å²) in [6.45, 7) is 0.815. The number of nitrogens with one attached hydrogen (secondary N) is 2. The van der Waals surface area contributed by atoms with Gasteiger partial charge < -0.3 is 10.6 Å². The summed E-state index contributed by atoms with van der Waals surface area (Å²) in [4.78, 5) is 4.07. The molecule has 0 aromatic heterocycles. The van der Waals surface area contributed by atoms with E-state index in [9.17, 15) is 8.78 Å². The predicted molar refractivity (Wildman–Crippen MR) is 87.5 cm³/mol. The van der Waals surface area contributed by atoms with Gasteiger partial charge in [-0.2, -0.15) is 0 Å². The number of hydrogen-bond acceptors (Lipinski definition) is 1. The van der Waals surface area contributed by atoms with Crippen molar-refractivity contribution in [3.8, 4) is 0 Å². The molecule has 0 bridgehead atoms. The summed E-state index contributed by atoms with van der Waals surface area (Å²) in [5.41, 5.74) is 1.47. The van der Waals surface area contributed by atoms with Gasteiger partial charge >= 0.3 is 0 Å². The molecule has 2 rings (SSSR count). The van der Waals surface area contributed by atoms with Crippen molar-refractivity contribution in [3.63, 3.8) is 0 Å². The highest BCUT2D eigenvalue weighted by atomic mass is 79.9. The number of halogens is 3. The third-order valence-corrected chi connectivity index (χ3v) is 3.54. The van der Waals surface area contributed by atoms with Crippen LogP contribution in [0.2, 0.25) is 0 Å². The van der Waals surface area contributed by atoms with E-state index >= 15 is 0 Å². The van der Waals surface area contributed by atoms with E-state index in [1.807, 2.05) is 0 Å². The van der Waals surface area contributed by atoms with Gasteiger partial charge in [0, 0.05) is 30.2 Å². The minimum Gasteiger partial charge on any atom is -0.352 e. The lowest BCUT2D eigenvalue weighted by Crippen LogP contribution is -2.36. The smallest absolute Gasteiger partial charge is 0.191 e. The summed E-state index contributed by atoms with van der Waals surface area (Å²) in [5.74, 6) is 0.00442. The third kappa shape index (κ3) is 4.80. The molecule has 0 aliphatic rings. The Labute approximate surface area is 136 Å². The number of benzene rings is 2. The fourth-order valence-corrected chi connectivity index (χ4v) is 2.27. The van der Waals surface area contributed by atoms with E-state index in [1.165, 1.54) is 18.2 Å². The van der Waals surface area contributed by atoms with Gasteiger partial charge in [0.15, 0.2) is 5.96 Å². The number of hydrogen-bond donors (Lipinski definition) is 2. The van der Waals surface area contributed by atoms with Crippen LogP contribution in [0, 0.1) is 11.6 Å². The predicted octanol–water partition coefficient (Wildman–Crippen LogP) is 3.59. The molecule has 2 aromatic rings. The molecule has 2 N–H and O–H groups in total. The van der Waals surface area contributed by atoms with Crippen molar-refractivity contribution >= 4 is 21.9 Å². The molecule has 0 spiro atoms. The van der Waals surface area contributed by atoms with Gasteiger partial charge in [-0.15, -0.1) is 0 Å². The number of aliphatic imine (C=N–C) groups is 1. The first-order chi connectivity index (χ1) is 10.6. The van der Waals surface area contributed by atoms with Crippen LogP contribution in [0.15, 0.2) is 51.9 Å². The first-order valence-corrected chi connectivity index (χ1v) is 7.50. The zero-order valence-electron chi connectivity index (χ0n) is 12.0. The molecule has 0 heterocycles. The topological polar surface area (TPSA) is 36.4 Å². The van der Waals surface area contributed by atoms with Crippen LogP contribution in [0.5, 0.6) is 0 Å². The maximum atomic E-state index is 13.7. The first kappa shape index (κ1) is 16.4. The molecular weight excluding hydrogens is 352 g/mol. The van der Waals surface area contributed by atoms with Crippen LogP contribution in [0.25, 0.3) is 0 Å². The summed E-state index contributed by atoms with van der Waals surface area (Å²) in [6.07, 6.45) is 0. The molecule has 0 atom stereocenters. The van der Waals surface area contributed by atoms with Crippen LogP contribution in [0.4, 0.5) is 8.78 Å². The van der Waals surface area contributed by atoms with E-state index in [0.717, 1.165) is 10.0 Å². The number of nitrogens with zero attached hydrogens (tertiary/aromatic N) is 1. The molecule has 22 heavy (non-hydrogen) atoms. The second-order valence-electron chi connectivity index (χ2n) is 4.64. The average molecular weight is 368 g/mol. The van der Waals surface area contributed by atoms with Crippen molar-refractivity contribution in [3.05, 3.63) is 69.7 Å². The largest absolute Gasteiger partial charge is 0.352 e. The zero-order valence-corrected chi connectivity index (χ0v) is 13.6. The van der Waals surface area contributed by atoms with E-state index < -0.39 is 0 Å². The molecule has 116 valence electrons. The van der Waals surface area contributed by atoms with E-state index in [2.05, 4.69) is 31.6 Å². The van der Waals surface area contributed by atoms with Gasteiger partial charge in [0.25, 0.3) is 0 Å². The SMILES string of the molecule is CN=C(NCc1ccc(F)cc1)NCc1cc(Br)ccc1F. The Hall–Kier alpha value is -1.95. The summed E-state index contributed by atoms with van der Waals surface area (Å²) < 4.78 is 27.3. The summed E-state index contributed by atoms with van der Waals surface area (Å²) in [6, 6.07) is 11.0. The van der Waals surface area contributed by atoms with Crippen LogP contribution in [0.3, 0.4) is 0 Å². The van der Waals surface area contributed by atoms with Gasteiger partial charge in [-0.3, -0.25) is 4.99 Å². The Balaban J connectivity index is 1.90. The molecule has 0 saturated carbocycles. The molecular formula is C16H16BrF2N3. The second kappa shape index (κ2) is 7.89. The van der Waals surface area contributed by atoms with Crippen LogP contribution in [-0.4, -0.2) is 13.0 Å².